The second kappa shape index (κ2) is 6.42. The Morgan fingerprint density at radius 2 is 1.95 bits per heavy atom. The monoisotopic (exact) mass is 271 g/mol. The summed E-state index contributed by atoms with van der Waals surface area (Å²) >= 11 is 0. The number of rotatable bonds is 5. The largest absolute Gasteiger partial charge is 0.352 e. The van der Waals surface area contributed by atoms with E-state index in [1.807, 2.05) is 6.07 Å². The topological polar surface area (TPSA) is 85.1 Å². The van der Waals surface area contributed by atoms with Gasteiger partial charge in [-0.15, -0.1) is 0 Å². The Kier molecular flexibility index (Phi) is 4.39. The van der Waals surface area contributed by atoms with E-state index in [4.69, 9.17) is 0 Å². The molecule has 0 unspecified atom stereocenters. The molecule has 6 heteroatoms. The van der Waals surface area contributed by atoms with Crippen molar-refractivity contribution in [1.82, 2.24) is 10.3 Å². The number of benzene rings is 1. The van der Waals surface area contributed by atoms with Crippen molar-refractivity contribution in [2.75, 3.05) is 0 Å². The van der Waals surface area contributed by atoms with Gasteiger partial charge < -0.3 is 5.32 Å². The molecule has 0 bridgehead atoms. The number of hydrogen-bond acceptors (Lipinski definition) is 4. The average molecular weight is 271 g/mol. The van der Waals surface area contributed by atoms with E-state index in [1.165, 1.54) is 12.1 Å². The fourth-order valence-electron chi connectivity index (χ4n) is 1.69. The Labute approximate surface area is 115 Å². The molecule has 0 spiro atoms. The number of nitro benzene ring substituents is 1. The first-order valence-electron chi connectivity index (χ1n) is 6.04. The summed E-state index contributed by atoms with van der Waals surface area (Å²) < 4.78 is 0. The van der Waals surface area contributed by atoms with Crippen LogP contribution >= 0.6 is 0 Å². The van der Waals surface area contributed by atoms with E-state index >= 15 is 0 Å². The summed E-state index contributed by atoms with van der Waals surface area (Å²) in [4.78, 5) is 25.7. The summed E-state index contributed by atoms with van der Waals surface area (Å²) in [5, 5.41) is 13.3. The number of carbonyl (C=O) groups excluding carboxylic acids is 1. The van der Waals surface area contributed by atoms with Crippen molar-refractivity contribution in [2.45, 2.75) is 13.0 Å². The molecule has 1 amide bonds. The summed E-state index contributed by atoms with van der Waals surface area (Å²) in [5.74, 6) is -0.136. The SMILES string of the molecule is O=C(Cc1ccc([N+](=O)[O-])cc1)NCc1cccnc1. The number of nitro groups is 1. The zero-order valence-electron chi connectivity index (χ0n) is 10.7. The van der Waals surface area contributed by atoms with Crippen molar-refractivity contribution < 1.29 is 9.72 Å². The number of nitrogens with zero attached hydrogens (tertiary/aromatic N) is 2. The third-order valence-corrected chi connectivity index (χ3v) is 2.72. The van der Waals surface area contributed by atoms with Gasteiger partial charge in [-0.05, 0) is 17.2 Å². The van der Waals surface area contributed by atoms with Gasteiger partial charge in [0.25, 0.3) is 5.69 Å². The number of pyridine rings is 1. The first kappa shape index (κ1) is 13.7. The smallest absolute Gasteiger partial charge is 0.269 e. The molecule has 0 atom stereocenters. The van der Waals surface area contributed by atoms with Gasteiger partial charge >= 0.3 is 0 Å². The van der Waals surface area contributed by atoms with E-state index in [0.717, 1.165) is 11.1 Å². The minimum Gasteiger partial charge on any atom is -0.352 e. The predicted octanol–water partition coefficient (Wildman–Crippen LogP) is 1.85. The molecule has 0 aliphatic heterocycles. The Bertz CT molecular complexity index is 597. The first-order chi connectivity index (χ1) is 9.65. The third-order valence-electron chi connectivity index (χ3n) is 2.72. The number of non-ortho nitro benzene ring substituents is 1. The fraction of sp³-hybridized carbons (Fsp3) is 0.143. The van der Waals surface area contributed by atoms with Crippen LogP contribution in [0.2, 0.25) is 0 Å². The van der Waals surface area contributed by atoms with Crippen LogP contribution in [0.1, 0.15) is 11.1 Å². The van der Waals surface area contributed by atoms with Crippen molar-refractivity contribution in [1.29, 1.82) is 0 Å². The third kappa shape index (κ3) is 3.88. The summed E-state index contributed by atoms with van der Waals surface area (Å²) in [6.07, 6.45) is 3.55. The zero-order valence-corrected chi connectivity index (χ0v) is 10.7. The maximum atomic E-state index is 11.7. The highest BCUT2D eigenvalue weighted by Crippen LogP contribution is 2.12. The van der Waals surface area contributed by atoms with Gasteiger partial charge in [0.15, 0.2) is 0 Å². The van der Waals surface area contributed by atoms with E-state index in [9.17, 15) is 14.9 Å². The molecule has 0 fully saturated rings. The molecule has 20 heavy (non-hydrogen) atoms. The van der Waals surface area contributed by atoms with Crippen molar-refractivity contribution in [2.24, 2.45) is 0 Å². The van der Waals surface area contributed by atoms with Gasteiger partial charge in [-0.1, -0.05) is 18.2 Å². The number of nitrogens with one attached hydrogen (secondary N) is 1. The van der Waals surface area contributed by atoms with Crippen LogP contribution in [0.25, 0.3) is 0 Å². The summed E-state index contributed by atoms with van der Waals surface area (Å²) in [7, 11) is 0. The maximum Gasteiger partial charge on any atom is 0.269 e. The molecule has 2 rings (SSSR count). The van der Waals surface area contributed by atoms with Crippen LogP contribution in [0.5, 0.6) is 0 Å². The highest BCUT2D eigenvalue weighted by Gasteiger charge is 2.07. The van der Waals surface area contributed by atoms with Crippen molar-refractivity contribution in [3.63, 3.8) is 0 Å². The van der Waals surface area contributed by atoms with Gasteiger partial charge in [-0.25, -0.2) is 0 Å². The first-order valence-corrected chi connectivity index (χ1v) is 6.04. The highest BCUT2D eigenvalue weighted by atomic mass is 16.6. The number of amides is 1. The van der Waals surface area contributed by atoms with E-state index in [-0.39, 0.29) is 18.0 Å². The quantitative estimate of drug-likeness (QED) is 0.664. The van der Waals surface area contributed by atoms with E-state index in [1.54, 1.807) is 30.6 Å². The van der Waals surface area contributed by atoms with Gasteiger partial charge in [0.05, 0.1) is 11.3 Å². The van der Waals surface area contributed by atoms with E-state index in [0.29, 0.717) is 6.54 Å². The second-order valence-corrected chi connectivity index (χ2v) is 4.24. The van der Waals surface area contributed by atoms with Gasteiger partial charge in [0, 0.05) is 31.1 Å². The number of carbonyl (C=O) groups is 1. The lowest BCUT2D eigenvalue weighted by atomic mass is 10.1. The molecule has 1 aromatic heterocycles. The molecule has 0 saturated heterocycles. The summed E-state index contributed by atoms with van der Waals surface area (Å²) in [6, 6.07) is 9.63. The van der Waals surface area contributed by atoms with Gasteiger partial charge in [-0.3, -0.25) is 19.9 Å². The minimum atomic E-state index is -0.466. The van der Waals surface area contributed by atoms with Crippen LogP contribution in [0.4, 0.5) is 5.69 Å². The lowest BCUT2D eigenvalue weighted by Crippen LogP contribution is -2.24. The van der Waals surface area contributed by atoms with E-state index in [2.05, 4.69) is 10.3 Å². The predicted molar refractivity (Wildman–Crippen MR) is 72.9 cm³/mol. The van der Waals surface area contributed by atoms with E-state index < -0.39 is 4.92 Å². The zero-order chi connectivity index (χ0) is 14.4. The van der Waals surface area contributed by atoms with Crippen LogP contribution in [-0.4, -0.2) is 15.8 Å². The Morgan fingerprint density at radius 3 is 2.55 bits per heavy atom. The van der Waals surface area contributed by atoms with Crippen molar-refractivity contribution in [3.05, 3.63) is 70.0 Å². The molecule has 2 aromatic rings. The lowest BCUT2D eigenvalue weighted by Gasteiger charge is -2.05. The molecule has 0 radical (unpaired) electrons. The maximum absolute atomic E-state index is 11.7. The molecule has 102 valence electrons. The molecule has 0 saturated carbocycles. The van der Waals surface area contributed by atoms with Crippen LogP contribution < -0.4 is 5.32 Å². The van der Waals surface area contributed by atoms with Crippen LogP contribution in [0.15, 0.2) is 48.8 Å². The Hall–Kier alpha value is -2.76. The molecule has 6 nitrogen and oxygen atoms in total. The Morgan fingerprint density at radius 1 is 1.20 bits per heavy atom. The van der Waals surface area contributed by atoms with Gasteiger partial charge in [0.2, 0.25) is 5.91 Å². The summed E-state index contributed by atoms with van der Waals surface area (Å²) in [5.41, 5.74) is 1.67. The molecule has 0 aliphatic carbocycles. The highest BCUT2D eigenvalue weighted by molar-refractivity contribution is 5.78. The standard InChI is InChI=1S/C14H13N3O3/c18-14(16-10-12-2-1-7-15-9-12)8-11-3-5-13(6-4-11)17(19)20/h1-7,9H,8,10H2,(H,16,18). The average Bonchev–Trinajstić information content (AvgIpc) is 2.47. The molecular formula is C14H13N3O3. The molecule has 0 aliphatic rings. The number of hydrogen-bond donors (Lipinski definition) is 1. The number of aromatic nitrogens is 1. The normalized spacial score (nSPS) is 10.0. The molecule has 1 aromatic carbocycles. The second-order valence-electron chi connectivity index (χ2n) is 4.24. The molecular weight excluding hydrogens is 258 g/mol. The van der Waals surface area contributed by atoms with Gasteiger partial charge in [0.1, 0.15) is 0 Å². The van der Waals surface area contributed by atoms with Crippen LogP contribution in [0, 0.1) is 10.1 Å². The van der Waals surface area contributed by atoms with Crippen molar-refractivity contribution >= 4 is 11.6 Å². The molecule has 1 N–H and O–H groups in total. The summed E-state index contributed by atoms with van der Waals surface area (Å²) in [6.45, 7) is 0.416. The molecule has 1 heterocycles. The van der Waals surface area contributed by atoms with Crippen LogP contribution in [0.3, 0.4) is 0 Å². The lowest BCUT2D eigenvalue weighted by molar-refractivity contribution is -0.384. The van der Waals surface area contributed by atoms with Crippen LogP contribution in [-0.2, 0) is 17.8 Å². The Balaban J connectivity index is 1.86. The fourth-order valence-corrected chi connectivity index (χ4v) is 1.69. The minimum absolute atomic E-state index is 0.0181. The van der Waals surface area contributed by atoms with Gasteiger partial charge in [-0.2, -0.15) is 0 Å². The van der Waals surface area contributed by atoms with Crippen molar-refractivity contribution in [3.8, 4) is 0 Å².